The van der Waals surface area contributed by atoms with Crippen molar-refractivity contribution in [1.82, 2.24) is 0 Å². The highest BCUT2D eigenvalue weighted by molar-refractivity contribution is 7.84. The number of hydrogen-bond donors (Lipinski definition) is 0. The molecule has 1 aromatic carbocycles. The molecule has 1 rings (SSSR count). The molecule has 0 bridgehead atoms. The summed E-state index contributed by atoms with van der Waals surface area (Å²) in [7, 11) is -0.965. The zero-order valence-electron chi connectivity index (χ0n) is 8.45. The van der Waals surface area contributed by atoms with E-state index in [1.54, 1.807) is 30.5 Å². The van der Waals surface area contributed by atoms with E-state index >= 15 is 0 Å². The average molecular weight is 210 g/mol. The quantitative estimate of drug-likeness (QED) is 0.715. The summed E-state index contributed by atoms with van der Waals surface area (Å²) in [4.78, 5) is 12.2. The van der Waals surface area contributed by atoms with Gasteiger partial charge in [-0.3, -0.25) is 9.00 Å². The Labute approximate surface area is 86.8 Å². The summed E-state index contributed by atoms with van der Waals surface area (Å²) in [5, 5.41) is 0. The highest BCUT2D eigenvalue weighted by Gasteiger charge is 2.04. The third-order valence-corrected chi connectivity index (χ3v) is 2.92. The molecule has 2 nitrogen and oxygen atoms in total. The standard InChI is InChI=1S/C11H14O2S/c1-3-4-11(12)9-5-7-10(8-6-9)14(2)13/h5-8H,3-4H2,1-2H3. The average Bonchev–Trinajstić information content (AvgIpc) is 2.18. The van der Waals surface area contributed by atoms with Gasteiger partial charge in [0.05, 0.1) is 0 Å². The van der Waals surface area contributed by atoms with Crippen LogP contribution < -0.4 is 0 Å². The minimum Gasteiger partial charge on any atom is -0.294 e. The van der Waals surface area contributed by atoms with Crippen molar-refractivity contribution < 1.29 is 9.00 Å². The van der Waals surface area contributed by atoms with Gasteiger partial charge in [0, 0.05) is 33.9 Å². The number of benzene rings is 1. The summed E-state index contributed by atoms with van der Waals surface area (Å²) < 4.78 is 11.1. The summed E-state index contributed by atoms with van der Waals surface area (Å²) >= 11 is 0. The molecule has 0 aliphatic carbocycles. The molecule has 1 aromatic rings. The SMILES string of the molecule is CCCC(=O)c1ccc(S(C)=O)cc1. The zero-order chi connectivity index (χ0) is 10.6. The van der Waals surface area contributed by atoms with Gasteiger partial charge < -0.3 is 0 Å². The number of rotatable bonds is 4. The van der Waals surface area contributed by atoms with Crippen molar-refractivity contribution in [3.63, 3.8) is 0 Å². The Hall–Kier alpha value is -0.960. The second kappa shape index (κ2) is 5.05. The minimum atomic E-state index is -0.965. The molecule has 0 aliphatic rings. The lowest BCUT2D eigenvalue weighted by atomic mass is 10.1. The Morgan fingerprint density at radius 3 is 2.29 bits per heavy atom. The van der Waals surface area contributed by atoms with Gasteiger partial charge in [0.25, 0.3) is 0 Å². The molecule has 1 atom stereocenters. The fraction of sp³-hybridized carbons (Fsp3) is 0.364. The van der Waals surface area contributed by atoms with Crippen molar-refractivity contribution in [2.45, 2.75) is 24.7 Å². The van der Waals surface area contributed by atoms with E-state index < -0.39 is 10.8 Å². The third kappa shape index (κ3) is 2.77. The van der Waals surface area contributed by atoms with Gasteiger partial charge in [0.1, 0.15) is 0 Å². The van der Waals surface area contributed by atoms with Crippen LogP contribution in [0.1, 0.15) is 30.1 Å². The van der Waals surface area contributed by atoms with Crippen LogP contribution in [0.4, 0.5) is 0 Å². The molecular formula is C11H14O2S. The minimum absolute atomic E-state index is 0.154. The van der Waals surface area contributed by atoms with E-state index in [9.17, 15) is 9.00 Å². The van der Waals surface area contributed by atoms with Crippen LogP contribution in [-0.2, 0) is 10.8 Å². The van der Waals surface area contributed by atoms with Gasteiger partial charge >= 0.3 is 0 Å². The third-order valence-electron chi connectivity index (χ3n) is 1.99. The first-order chi connectivity index (χ1) is 6.65. The Balaban J connectivity index is 2.83. The normalized spacial score (nSPS) is 12.4. The lowest BCUT2D eigenvalue weighted by molar-refractivity contribution is 0.0981. The van der Waals surface area contributed by atoms with Crippen molar-refractivity contribution in [2.75, 3.05) is 6.26 Å². The van der Waals surface area contributed by atoms with Crippen molar-refractivity contribution in [1.29, 1.82) is 0 Å². The van der Waals surface area contributed by atoms with E-state index in [2.05, 4.69) is 0 Å². The van der Waals surface area contributed by atoms with E-state index in [1.165, 1.54) is 0 Å². The van der Waals surface area contributed by atoms with Crippen molar-refractivity contribution in [3.05, 3.63) is 29.8 Å². The lowest BCUT2D eigenvalue weighted by Crippen LogP contribution is -1.98. The van der Waals surface area contributed by atoms with Gasteiger partial charge in [0.2, 0.25) is 0 Å². The molecule has 0 heterocycles. The molecule has 0 radical (unpaired) electrons. The van der Waals surface area contributed by atoms with Crippen LogP contribution in [0, 0.1) is 0 Å². The maximum atomic E-state index is 11.4. The van der Waals surface area contributed by atoms with Crippen LogP contribution in [0.2, 0.25) is 0 Å². The highest BCUT2D eigenvalue weighted by Crippen LogP contribution is 2.10. The monoisotopic (exact) mass is 210 g/mol. The van der Waals surface area contributed by atoms with E-state index in [0.717, 1.165) is 11.3 Å². The molecule has 0 saturated carbocycles. The number of carbonyl (C=O) groups is 1. The molecule has 0 aromatic heterocycles. The second-order valence-corrected chi connectivity index (χ2v) is 4.53. The summed E-state index contributed by atoms with van der Waals surface area (Å²) in [6, 6.07) is 6.99. The Morgan fingerprint density at radius 1 is 1.29 bits per heavy atom. The van der Waals surface area contributed by atoms with Crippen LogP contribution in [0.15, 0.2) is 29.2 Å². The van der Waals surface area contributed by atoms with Gasteiger partial charge in [-0.05, 0) is 18.6 Å². The maximum Gasteiger partial charge on any atom is 0.162 e. The Morgan fingerprint density at radius 2 is 1.86 bits per heavy atom. The van der Waals surface area contributed by atoms with Crippen molar-refractivity contribution in [2.24, 2.45) is 0 Å². The fourth-order valence-electron chi connectivity index (χ4n) is 1.20. The molecule has 0 fully saturated rings. The van der Waals surface area contributed by atoms with Gasteiger partial charge in [0.15, 0.2) is 5.78 Å². The zero-order valence-corrected chi connectivity index (χ0v) is 9.26. The summed E-state index contributed by atoms with van der Waals surface area (Å²) in [6.07, 6.45) is 3.07. The number of carbonyl (C=O) groups excluding carboxylic acids is 1. The predicted molar refractivity (Wildman–Crippen MR) is 58.0 cm³/mol. The largest absolute Gasteiger partial charge is 0.294 e. The number of Topliss-reactive ketones (excluding diaryl/α,β-unsaturated/α-hetero) is 1. The first kappa shape index (κ1) is 11.1. The highest BCUT2D eigenvalue weighted by atomic mass is 32.2. The first-order valence-corrected chi connectivity index (χ1v) is 6.17. The van der Waals surface area contributed by atoms with E-state index in [1.807, 2.05) is 6.92 Å². The summed E-state index contributed by atoms with van der Waals surface area (Å²) in [5.41, 5.74) is 0.709. The van der Waals surface area contributed by atoms with E-state index in [4.69, 9.17) is 0 Å². The van der Waals surface area contributed by atoms with Crippen molar-refractivity contribution in [3.8, 4) is 0 Å². The molecular weight excluding hydrogens is 196 g/mol. The van der Waals surface area contributed by atoms with Gasteiger partial charge in [-0.25, -0.2) is 0 Å². The van der Waals surface area contributed by atoms with Gasteiger partial charge in [-0.1, -0.05) is 19.1 Å². The van der Waals surface area contributed by atoms with E-state index in [-0.39, 0.29) is 5.78 Å². The van der Waals surface area contributed by atoms with Crippen LogP contribution in [-0.4, -0.2) is 16.2 Å². The lowest BCUT2D eigenvalue weighted by Gasteiger charge is -2.00. The van der Waals surface area contributed by atoms with Crippen LogP contribution in [0.25, 0.3) is 0 Å². The van der Waals surface area contributed by atoms with Gasteiger partial charge in [-0.2, -0.15) is 0 Å². The molecule has 14 heavy (non-hydrogen) atoms. The number of ketones is 1. The summed E-state index contributed by atoms with van der Waals surface area (Å²) in [5.74, 6) is 0.154. The predicted octanol–water partition coefficient (Wildman–Crippen LogP) is 2.41. The molecule has 0 spiro atoms. The van der Waals surface area contributed by atoms with E-state index in [0.29, 0.717) is 12.0 Å². The molecule has 0 saturated heterocycles. The number of hydrogen-bond acceptors (Lipinski definition) is 2. The second-order valence-electron chi connectivity index (χ2n) is 3.15. The molecule has 76 valence electrons. The van der Waals surface area contributed by atoms with Crippen molar-refractivity contribution >= 4 is 16.6 Å². The van der Waals surface area contributed by atoms with Crippen LogP contribution >= 0.6 is 0 Å². The Kier molecular flexibility index (Phi) is 4.01. The van der Waals surface area contributed by atoms with Crippen LogP contribution in [0.3, 0.4) is 0 Å². The smallest absolute Gasteiger partial charge is 0.162 e. The molecule has 0 aliphatic heterocycles. The molecule has 0 amide bonds. The fourth-order valence-corrected chi connectivity index (χ4v) is 1.72. The molecule has 1 unspecified atom stereocenters. The molecule has 0 N–H and O–H groups in total. The van der Waals surface area contributed by atoms with Gasteiger partial charge in [-0.15, -0.1) is 0 Å². The topological polar surface area (TPSA) is 34.1 Å². The molecule has 3 heteroatoms. The first-order valence-electron chi connectivity index (χ1n) is 4.62. The Bertz CT molecular complexity index is 341. The van der Waals surface area contributed by atoms with Crippen LogP contribution in [0.5, 0.6) is 0 Å². The summed E-state index contributed by atoms with van der Waals surface area (Å²) in [6.45, 7) is 1.98. The maximum absolute atomic E-state index is 11.4.